The number of benzene rings is 1. The molecule has 1 heterocycles. The van der Waals surface area contributed by atoms with Crippen LogP contribution < -0.4 is 5.32 Å². The van der Waals surface area contributed by atoms with E-state index in [1.807, 2.05) is 24.3 Å². The summed E-state index contributed by atoms with van der Waals surface area (Å²) in [5.74, 6) is 1.59. The summed E-state index contributed by atoms with van der Waals surface area (Å²) in [7, 11) is 2.05. The van der Waals surface area contributed by atoms with Gasteiger partial charge in [0, 0.05) is 58.1 Å². The van der Waals surface area contributed by atoms with Crippen molar-refractivity contribution >= 4 is 41.5 Å². The predicted octanol–water partition coefficient (Wildman–Crippen LogP) is 4.19. The number of ether oxygens (including phenoxy) is 2. The highest BCUT2D eigenvalue weighted by atomic mass is 127. The Morgan fingerprint density at radius 2 is 2.00 bits per heavy atom. The summed E-state index contributed by atoms with van der Waals surface area (Å²) in [4.78, 5) is 6.85. The second kappa shape index (κ2) is 14.4. The molecule has 5 nitrogen and oxygen atoms in total. The first-order chi connectivity index (χ1) is 12.7. The van der Waals surface area contributed by atoms with Crippen LogP contribution in [-0.2, 0) is 16.0 Å². The topological polar surface area (TPSA) is 46.1 Å². The molecule has 0 atom stereocenters. The van der Waals surface area contributed by atoms with Gasteiger partial charge in [0.25, 0.3) is 0 Å². The van der Waals surface area contributed by atoms with Crippen LogP contribution >= 0.6 is 35.6 Å². The molecule has 27 heavy (non-hydrogen) atoms. The molecule has 154 valence electrons. The molecule has 2 rings (SSSR count). The van der Waals surface area contributed by atoms with Gasteiger partial charge in [-0.15, -0.1) is 24.0 Å². The molecule has 0 unspecified atom stereocenters. The number of nitrogens with zero attached hydrogens (tertiary/aromatic N) is 2. The molecule has 1 saturated heterocycles. The van der Waals surface area contributed by atoms with Crippen molar-refractivity contribution in [3.63, 3.8) is 0 Å². The highest BCUT2D eigenvalue weighted by Crippen LogP contribution is 2.14. The number of nitrogens with one attached hydrogen (secondary N) is 1. The van der Waals surface area contributed by atoms with Crippen LogP contribution in [-0.4, -0.2) is 57.4 Å². The van der Waals surface area contributed by atoms with Crippen LogP contribution in [0, 0.1) is 5.92 Å². The molecular weight excluding hydrogens is 477 g/mol. The molecule has 0 spiro atoms. The van der Waals surface area contributed by atoms with Crippen LogP contribution in [0.15, 0.2) is 29.3 Å². The zero-order valence-corrected chi connectivity index (χ0v) is 19.5. The van der Waals surface area contributed by atoms with Crippen LogP contribution in [0.4, 0.5) is 0 Å². The molecule has 0 amide bonds. The van der Waals surface area contributed by atoms with E-state index in [1.165, 1.54) is 5.56 Å². The normalized spacial score (nSPS) is 15.3. The van der Waals surface area contributed by atoms with E-state index in [0.717, 1.165) is 76.3 Å². The summed E-state index contributed by atoms with van der Waals surface area (Å²) in [6.07, 6.45) is 3.18. The minimum Gasteiger partial charge on any atom is -0.381 e. The maximum absolute atomic E-state index is 5.95. The maximum Gasteiger partial charge on any atom is 0.193 e. The number of hydrogen-bond acceptors (Lipinski definition) is 3. The van der Waals surface area contributed by atoms with Crippen molar-refractivity contribution in [2.75, 3.05) is 46.6 Å². The molecular formula is C20H33ClIN3O2. The quantitative estimate of drug-likeness (QED) is 0.235. The van der Waals surface area contributed by atoms with Crippen molar-refractivity contribution in [2.45, 2.75) is 32.7 Å². The Labute approximate surface area is 185 Å². The highest BCUT2D eigenvalue weighted by Gasteiger charge is 2.13. The summed E-state index contributed by atoms with van der Waals surface area (Å²) in [5.41, 5.74) is 1.21. The summed E-state index contributed by atoms with van der Waals surface area (Å²) >= 11 is 5.95. The Kier molecular flexibility index (Phi) is 13.1. The lowest BCUT2D eigenvalue weighted by atomic mass is 10.0. The number of aliphatic imine (C=N–C) groups is 1. The molecule has 0 saturated carbocycles. The molecule has 0 aliphatic carbocycles. The molecule has 0 radical (unpaired) electrons. The van der Waals surface area contributed by atoms with Crippen molar-refractivity contribution < 1.29 is 9.47 Å². The second-order valence-electron chi connectivity index (χ2n) is 6.70. The van der Waals surface area contributed by atoms with Crippen LogP contribution in [0.2, 0.25) is 5.02 Å². The summed E-state index contributed by atoms with van der Waals surface area (Å²) in [6.45, 7) is 7.87. The van der Waals surface area contributed by atoms with Gasteiger partial charge in [-0.1, -0.05) is 23.7 Å². The average molecular weight is 510 g/mol. The van der Waals surface area contributed by atoms with Crippen molar-refractivity contribution in [1.82, 2.24) is 10.2 Å². The van der Waals surface area contributed by atoms with Gasteiger partial charge in [-0.3, -0.25) is 4.99 Å². The van der Waals surface area contributed by atoms with Crippen molar-refractivity contribution in [2.24, 2.45) is 10.9 Å². The molecule has 0 aromatic heterocycles. The zero-order chi connectivity index (χ0) is 18.6. The summed E-state index contributed by atoms with van der Waals surface area (Å²) in [5, 5.41) is 4.11. The Bertz CT molecular complexity index is 537. The molecule has 1 N–H and O–H groups in total. The number of halogens is 2. The Balaban J connectivity index is 0.00000364. The molecule has 0 bridgehead atoms. The lowest BCUT2D eigenvalue weighted by Gasteiger charge is -2.22. The standard InChI is InChI=1S/C20H32ClN3O2.HI/c1-3-22-20(24(2)15-17-5-7-19(21)8-6-17)23-11-4-12-26-16-18-9-13-25-14-10-18;/h5-8,18H,3-4,9-16H2,1-2H3,(H,22,23);1H. The van der Waals surface area contributed by atoms with Crippen molar-refractivity contribution in [1.29, 1.82) is 0 Å². The fourth-order valence-corrected chi connectivity index (χ4v) is 3.05. The van der Waals surface area contributed by atoms with E-state index >= 15 is 0 Å². The second-order valence-corrected chi connectivity index (χ2v) is 7.14. The van der Waals surface area contributed by atoms with Crippen LogP contribution in [0.25, 0.3) is 0 Å². The smallest absolute Gasteiger partial charge is 0.193 e. The zero-order valence-electron chi connectivity index (χ0n) is 16.5. The molecule has 1 aromatic carbocycles. The van der Waals surface area contributed by atoms with Crippen LogP contribution in [0.3, 0.4) is 0 Å². The SMILES string of the molecule is CCNC(=NCCCOCC1CCOCC1)N(C)Cc1ccc(Cl)cc1.I. The largest absolute Gasteiger partial charge is 0.381 e. The Morgan fingerprint density at radius 3 is 2.67 bits per heavy atom. The minimum absolute atomic E-state index is 0. The molecule has 1 aromatic rings. The lowest BCUT2D eigenvalue weighted by molar-refractivity contribution is 0.0205. The van der Waals surface area contributed by atoms with Crippen LogP contribution in [0.5, 0.6) is 0 Å². The van der Waals surface area contributed by atoms with E-state index in [1.54, 1.807) is 0 Å². The van der Waals surface area contributed by atoms with Gasteiger partial charge < -0.3 is 19.7 Å². The first kappa shape index (κ1) is 24.5. The number of hydrogen-bond donors (Lipinski definition) is 1. The van der Waals surface area contributed by atoms with E-state index in [-0.39, 0.29) is 24.0 Å². The van der Waals surface area contributed by atoms with Gasteiger partial charge in [-0.2, -0.15) is 0 Å². The monoisotopic (exact) mass is 509 g/mol. The third-order valence-corrected chi connectivity index (χ3v) is 4.68. The van der Waals surface area contributed by atoms with E-state index < -0.39 is 0 Å². The van der Waals surface area contributed by atoms with Crippen molar-refractivity contribution in [3.05, 3.63) is 34.9 Å². The predicted molar refractivity (Wildman–Crippen MR) is 123 cm³/mol. The maximum atomic E-state index is 5.95. The van der Waals surface area contributed by atoms with E-state index in [2.05, 4.69) is 24.2 Å². The summed E-state index contributed by atoms with van der Waals surface area (Å²) in [6, 6.07) is 7.94. The van der Waals surface area contributed by atoms with Gasteiger partial charge in [0.2, 0.25) is 0 Å². The number of rotatable bonds is 9. The van der Waals surface area contributed by atoms with Crippen LogP contribution in [0.1, 0.15) is 31.7 Å². The Hall–Kier alpha value is -0.570. The molecule has 1 fully saturated rings. The first-order valence-corrected chi connectivity index (χ1v) is 9.96. The van der Waals surface area contributed by atoms with Gasteiger partial charge >= 0.3 is 0 Å². The fourth-order valence-electron chi connectivity index (χ4n) is 2.92. The van der Waals surface area contributed by atoms with E-state index in [9.17, 15) is 0 Å². The van der Waals surface area contributed by atoms with Crippen molar-refractivity contribution in [3.8, 4) is 0 Å². The van der Waals surface area contributed by atoms with Gasteiger partial charge in [-0.05, 0) is 49.8 Å². The van der Waals surface area contributed by atoms with E-state index in [4.69, 9.17) is 26.1 Å². The fraction of sp³-hybridized carbons (Fsp3) is 0.650. The lowest BCUT2D eigenvalue weighted by Crippen LogP contribution is -2.38. The Morgan fingerprint density at radius 1 is 1.30 bits per heavy atom. The minimum atomic E-state index is 0. The third-order valence-electron chi connectivity index (χ3n) is 4.43. The number of guanidine groups is 1. The van der Waals surface area contributed by atoms with Gasteiger partial charge in [-0.25, -0.2) is 0 Å². The summed E-state index contributed by atoms with van der Waals surface area (Å²) < 4.78 is 11.2. The molecule has 1 aliphatic heterocycles. The molecule has 1 aliphatic rings. The first-order valence-electron chi connectivity index (χ1n) is 9.58. The van der Waals surface area contributed by atoms with E-state index in [0.29, 0.717) is 5.92 Å². The highest BCUT2D eigenvalue weighted by molar-refractivity contribution is 14.0. The average Bonchev–Trinajstić information content (AvgIpc) is 2.66. The van der Waals surface area contributed by atoms with Gasteiger partial charge in [0.05, 0.1) is 0 Å². The van der Waals surface area contributed by atoms with Gasteiger partial charge in [0.1, 0.15) is 0 Å². The van der Waals surface area contributed by atoms with Gasteiger partial charge in [0.15, 0.2) is 5.96 Å². The molecule has 7 heteroatoms. The third kappa shape index (κ3) is 9.96.